The molecule has 0 aromatic heterocycles. The number of nitrogens with zero attached hydrogens (tertiary/aromatic N) is 2. The van der Waals surface area contributed by atoms with Gasteiger partial charge in [-0.05, 0) is 37.5 Å². The molecule has 1 heterocycles. The average Bonchev–Trinajstić information content (AvgIpc) is 2.47. The summed E-state index contributed by atoms with van der Waals surface area (Å²) in [5.74, 6) is 0.0137. The predicted octanol–water partition coefficient (Wildman–Crippen LogP) is 2.44. The molecule has 1 unspecified atom stereocenters. The van der Waals surface area contributed by atoms with E-state index < -0.39 is 0 Å². The van der Waals surface area contributed by atoms with E-state index in [0.29, 0.717) is 10.6 Å². The van der Waals surface area contributed by atoms with E-state index >= 15 is 0 Å². The first kappa shape index (κ1) is 14.9. The molecule has 2 rings (SSSR count). The zero-order chi connectivity index (χ0) is 14.5. The van der Waals surface area contributed by atoms with E-state index in [9.17, 15) is 0 Å². The van der Waals surface area contributed by atoms with Crippen molar-refractivity contribution in [1.29, 1.82) is 0 Å². The lowest BCUT2D eigenvalue weighted by molar-refractivity contribution is 0.0216. The molecule has 1 saturated heterocycles. The lowest BCUT2D eigenvalue weighted by Gasteiger charge is -2.28. The van der Waals surface area contributed by atoms with Gasteiger partial charge in [0.25, 0.3) is 0 Å². The summed E-state index contributed by atoms with van der Waals surface area (Å²) >= 11 is 6.16. The molecule has 0 bridgehead atoms. The highest BCUT2D eigenvalue weighted by Gasteiger charge is 2.17. The minimum absolute atomic E-state index is 0.0137. The summed E-state index contributed by atoms with van der Waals surface area (Å²) in [4.78, 5) is 2.11. The molecule has 1 aliphatic heterocycles. The van der Waals surface area contributed by atoms with Gasteiger partial charge in [-0.25, -0.2) is 0 Å². The molecule has 5 nitrogen and oxygen atoms in total. The Labute approximate surface area is 124 Å². The second kappa shape index (κ2) is 6.81. The van der Waals surface area contributed by atoms with Crippen LogP contribution in [0.3, 0.4) is 0 Å². The van der Waals surface area contributed by atoms with Crippen molar-refractivity contribution in [3.05, 3.63) is 28.8 Å². The minimum atomic E-state index is 0.0137. The number of halogens is 1. The molecule has 1 fully saturated rings. The van der Waals surface area contributed by atoms with Gasteiger partial charge in [-0.1, -0.05) is 16.8 Å². The third-order valence-electron chi connectivity index (χ3n) is 3.53. The summed E-state index contributed by atoms with van der Waals surface area (Å²) in [6.07, 6.45) is 3.75. The van der Waals surface area contributed by atoms with Crippen molar-refractivity contribution >= 4 is 23.1 Å². The van der Waals surface area contributed by atoms with E-state index in [1.54, 1.807) is 6.07 Å². The summed E-state index contributed by atoms with van der Waals surface area (Å²) < 4.78 is 5.73. The first-order valence-electron chi connectivity index (χ1n) is 6.72. The van der Waals surface area contributed by atoms with Gasteiger partial charge >= 0.3 is 0 Å². The Morgan fingerprint density at radius 3 is 2.95 bits per heavy atom. The smallest absolute Gasteiger partial charge is 0.171 e. The molecule has 0 radical (unpaired) electrons. The lowest BCUT2D eigenvalue weighted by atomic mass is 10.1. The molecule has 20 heavy (non-hydrogen) atoms. The normalized spacial score (nSPS) is 19.9. The van der Waals surface area contributed by atoms with Crippen LogP contribution in [0.5, 0.6) is 0 Å². The molecule has 1 aliphatic rings. The van der Waals surface area contributed by atoms with Crippen LogP contribution in [0, 0.1) is 0 Å². The molecular formula is C14H20ClN3O2. The number of rotatable bonds is 4. The van der Waals surface area contributed by atoms with Crippen LogP contribution in [0.25, 0.3) is 0 Å². The van der Waals surface area contributed by atoms with Gasteiger partial charge in [-0.2, -0.15) is 0 Å². The monoisotopic (exact) mass is 297 g/mol. The second-order valence-corrected chi connectivity index (χ2v) is 5.43. The fraction of sp³-hybridized carbons (Fsp3) is 0.500. The number of oxime groups is 1. The largest absolute Gasteiger partial charge is 0.409 e. The van der Waals surface area contributed by atoms with Gasteiger partial charge in [0.2, 0.25) is 0 Å². The van der Waals surface area contributed by atoms with Crippen LogP contribution in [0.1, 0.15) is 24.8 Å². The Hall–Kier alpha value is -1.46. The fourth-order valence-electron chi connectivity index (χ4n) is 2.37. The molecule has 0 amide bonds. The minimum Gasteiger partial charge on any atom is -0.409 e. The molecule has 3 N–H and O–H groups in total. The number of nitrogens with two attached hydrogens (primary N) is 1. The van der Waals surface area contributed by atoms with Crippen LogP contribution >= 0.6 is 11.6 Å². The zero-order valence-corrected chi connectivity index (χ0v) is 12.3. The molecule has 0 spiro atoms. The van der Waals surface area contributed by atoms with Crippen LogP contribution in [-0.2, 0) is 4.74 Å². The second-order valence-electron chi connectivity index (χ2n) is 5.02. The third-order valence-corrected chi connectivity index (χ3v) is 3.84. The maximum absolute atomic E-state index is 8.68. The molecule has 1 atom stereocenters. The van der Waals surface area contributed by atoms with Crippen molar-refractivity contribution in [2.24, 2.45) is 10.9 Å². The highest BCUT2D eigenvalue weighted by Crippen LogP contribution is 2.24. The Balaban J connectivity index is 2.06. The number of benzene rings is 1. The van der Waals surface area contributed by atoms with Crippen molar-refractivity contribution in [3.63, 3.8) is 0 Å². The van der Waals surface area contributed by atoms with Gasteiger partial charge in [0.1, 0.15) is 0 Å². The summed E-state index contributed by atoms with van der Waals surface area (Å²) in [7, 11) is 2.01. The van der Waals surface area contributed by atoms with Crippen LogP contribution in [0.2, 0.25) is 5.02 Å². The van der Waals surface area contributed by atoms with Crippen LogP contribution < -0.4 is 10.6 Å². The van der Waals surface area contributed by atoms with Crippen molar-refractivity contribution in [2.75, 3.05) is 25.1 Å². The fourth-order valence-corrected chi connectivity index (χ4v) is 2.64. The van der Waals surface area contributed by atoms with Gasteiger partial charge in [-0.15, -0.1) is 0 Å². The maximum atomic E-state index is 8.68. The van der Waals surface area contributed by atoms with E-state index in [1.165, 1.54) is 6.42 Å². The van der Waals surface area contributed by atoms with Gasteiger partial charge in [0.15, 0.2) is 5.84 Å². The Kier molecular flexibility index (Phi) is 5.09. The average molecular weight is 298 g/mol. The van der Waals surface area contributed by atoms with E-state index in [4.69, 9.17) is 27.3 Å². The summed E-state index contributed by atoms with van der Waals surface area (Å²) in [6.45, 7) is 1.68. The first-order chi connectivity index (χ1) is 9.61. The molecule has 0 saturated carbocycles. The topological polar surface area (TPSA) is 71.1 Å². The molecule has 0 aliphatic carbocycles. The summed E-state index contributed by atoms with van der Waals surface area (Å²) in [5.41, 5.74) is 7.07. The lowest BCUT2D eigenvalue weighted by Crippen LogP contribution is -2.33. The SMILES string of the molecule is CN(CC1CCCCO1)c1ccc(C(N)=NO)c(Cl)c1. The van der Waals surface area contributed by atoms with E-state index in [-0.39, 0.29) is 11.9 Å². The quantitative estimate of drug-likeness (QED) is 0.387. The van der Waals surface area contributed by atoms with E-state index in [0.717, 1.165) is 31.7 Å². The number of anilines is 1. The number of ether oxygens (including phenoxy) is 1. The number of likely N-dealkylation sites (N-methyl/N-ethyl adjacent to an activating group) is 1. The number of hydrogen-bond donors (Lipinski definition) is 2. The van der Waals surface area contributed by atoms with Crippen LogP contribution in [0.4, 0.5) is 5.69 Å². The molecule has 110 valence electrons. The van der Waals surface area contributed by atoms with Gasteiger partial charge in [0, 0.05) is 31.5 Å². The van der Waals surface area contributed by atoms with Crippen molar-refractivity contribution in [3.8, 4) is 0 Å². The highest BCUT2D eigenvalue weighted by atomic mass is 35.5. The Morgan fingerprint density at radius 2 is 2.35 bits per heavy atom. The molecular weight excluding hydrogens is 278 g/mol. The number of hydrogen-bond acceptors (Lipinski definition) is 4. The third kappa shape index (κ3) is 3.55. The summed E-state index contributed by atoms with van der Waals surface area (Å²) in [5, 5.41) is 12.1. The predicted molar refractivity (Wildman–Crippen MR) is 80.8 cm³/mol. The van der Waals surface area contributed by atoms with Gasteiger partial charge in [-0.3, -0.25) is 0 Å². The van der Waals surface area contributed by atoms with Crippen LogP contribution in [0.15, 0.2) is 23.4 Å². The molecule has 6 heteroatoms. The zero-order valence-electron chi connectivity index (χ0n) is 11.6. The molecule has 1 aromatic rings. The molecule has 1 aromatic carbocycles. The summed E-state index contributed by atoms with van der Waals surface area (Å²) in [6, 6.07) is 5.48. The standard InChI is InChI=1S/C14H20ClN3O2/c1-18(9-11-4-2-3-7-20-11)10-5-6-12(13(15)8-10)14(16)17-19/h5-6,8,11,19H,2-4,7,9H2,1H3,(H2,16,17). The maximum Gasteiger partial charge on any atom is 0.171 e. The van der Waals surface area contributed by atoms with Crippen LogP contribution in [-0.4, -0.2) is 37.3 Å². The van der Waals surface area contributed by atoms with Crippen molar-refractivity contribution in [1.82, 2.24) is 0 Å². The van der Waals surface area contributed by atoms with Gasteiger partial charge < -0.3 is 20.6 Å². The van der Waals surface area contributed by atoms with Crippen molar-refractivity contribution < 1.29 is 9.94 Å². The van der Waals surface area contributed by atoms with Gasteiger partial charge in [0.05, 0.1) is 11.1 Å². The van der Waals surface area contributed by atoms with E-state index in [1.807, 2.05) is 19.2 Å². The Bertz CT molecular complexity index is 487. The Morgan fingerprint density at radius 1 is 1.55 bits per heavy atom. The first-order valence-corrected chi connectivity index (χ1v) is 7.10. The van der Waals surface area contributed by atoms with E-state index in [2.05, 4.69) is 10.1 Å². The van der Waals surface area contributed by atoms with Crippen molar-refractivity contribution in [2.45, 2.75) is 25.4 Å². The highest BCUT2D eigenvalue weighted by molar-refractivity contribution is 6.34. The number of amidine groups is 1.